The van der Waals surface area contributed by atoms with Crippen LogP contribution in [0.25, 0.3) is 11.0 Å². The zero-order valence-electron chi connectivity index (χ0n) is 17.7. The van der Waals surface area contributed by atoms with E-state index < -0.39 is 17.8 Å². The highest BCUT2D eigenvalue weighted by Crippen LogP contribution is 2.33. The van der Waals surface area contributed by atoms with Crippen molar-refractivity contribution in [1.29, 1.82) is 0 Å². The third-order valence-electron chi connectivity index (χ3n) is 4.80. The van der Waals surface area contributed by atoms with Crippen LogP contribution >= 0.6 is 0 Å². The Hall–Kier alpha value is -3.95. The van der Waals surface area contributed by atoms with Gasteiger partial charge in [0.15, 0.2) is 0 Å². The molecule has 2 heterocycles. The van der Waals surface area contributed by atoms with Crippen molar-refractivity contribution in [3.63, 3.8) is 0 Å². The maximum atomic E-state index is 13.3. The Balaban J connectivity index is 1.73. The summed E-state index contributed by atoms with van der Waals surface area (Å²) >= 11 is 0. The number of ether oxygens (including phenoxy) is 3. The second kappa shape index (κ2) is 9.27. The van der Waals surface area contributed by atoms with E-state index in [0.717, 1.165) is 12.1 Å². The molecular formula is C23H19F3N4O3. The molecule has 4 aromatic rings. The summed E-state index contributed by atoms with van der Waals surface area (Å²) < 4.78 is 56.2. The topological polar surface area (TPSA) is 79.2 Å². The molecule has 33 heavy (non-hydrogen) atoms. The van der Waals surface area contributed by atoms with E-state index in [9.17, 15) is 13.2 Å². The number of halogens is 3. The predicted octanol–water partition coefficient (Wildman–Crippen LogP) is 4.82. The molecule has 1 atom stereocenters. The minimum atomic E-state index is -4.50. The van der Waals surface area contributed by atoms with E-state index in [-0.39, 0.29) is 29.8 Å². The fraction of sp³-hybridized carbons (Fsp3) is 0.217. The fourth-order valence-electron chi connectivity index (χ4n) is 3.20. The van der Waals surface area contributed by atoms with Crippen LogP contribution in [0.3, 0.4) is 0 Å². The maximum Gasteiger partial charge on any atom is 0.416 e. The Morgan fingerprint density at radius 3 is 2.21 bits per heavy atom. The average Bonchev–Trinajstić information content (AvgIpc) is 2.83. The Labute approximate surface area is 187 Å². The first kappa shape index (κ1) is 22.3. The smallest absolute Gasteiger partial charge is 0.416 e. The minimum Gasteiger partial charge on any atom is -0.481 e. The molecule has 7 nitrogen and oxygen atoms in total. The molecule has 1 unspecified atom stereocenters. The molecule has 0 aliphatic rings. The van der Waals surface area contributed by atoms with Gasteiger partial charge in [-0.05, 0) is 29.8 Å². The van der Waals surface area contributed by atoms with Gasteiger partial charge < -0.3 is 14.2 Å². The number of aromatic nitrogens is 4. The van der Waals surface area contributed by atoms with Crippen molar-refractivity contribution >= 4 is 11.0 Å². The van der Waals surface area contributed by atoms with Crippen LogP contribution in [0.4, 0.5) is 13.2 Å². The van der Waals surface area contributed by atoms with Crippen LogP contribution in [0.2, 0.25) is 0 Å². The molecule has 0 aliphatic heterocycles. The SMILES string of the molecule is COc1cc(OC)nc(OC(Cc2cnc3ccccc3n2)c2cccc(C(F)(F)F)c2)n1. The highest BCUT2D eigenvalue weighted by atomic mass is 19.4. The molecule has 0 N–H and O–H groups in total. The lowest BCUT2D eigenvalue weighted by atomic mass is 10.0. The number of methoxy groups -OCH3 is 2. The number of alkyl halides is 3. The quantitative estimate of drug-likeness (QED) is 0.395. The summed E-state index contributed by atoms with van der Waals surface area (Å²) in [5, 5.41) is 0. The van der Waals surface area contributed by atoms with Crippen molar-refractivity contribution in [3.05, 3.63) is 77.6 Å². The molecular weight excluding hydrogens is 437 g/mol. The van der Waals surface area contributed by atoms with Crippen LogP contribution in [0.1, 0.15) is 22.9 Å². The van der Waals surface area contributed by atoms with Gasteiger partial charge in [-0.15, -0.1) is 0 Å². The predicted molar refractivity (Wildman–Crippen MR) is 113 cm³/mol. The van der Waals surface area contributed by atoms with Gasteiger partial charge in [-0.3, -0.25) is 4.98 Å². The Morgan fingerprint density at radius 2 is 1.55 bits per heavy atom. The van der Waals surface area contributed by atoms with Crippen molar-refractivity contribution in [2.45, 2.75) is 18.7 Å². The van der Waals surface area contributed by atoms with Crippen LogP contribution in [-0.2, 0) is 12.6 Å². The number of hydrogen-bond acceptors (Lipinski definition) is 7. The Bertz CT molecular complexity index is 1240. The molecule has 170 valence electrons. The molecule has 10 heteroatoms. The first-order valence-corrected chi connectivity index (χ1v) is 9.87. The van der Waals surface area contributed by atoms with Gasteiger partial charge in [0.2, 0.25) is 11.8 Å². The third kappa shape index (κ3) is 5.28. The molecule has 2 aromatic heterocycles. The largest absolute Gasteiger partial charge is 0.481 e. The van der Waals surface area contributed by atoms with E-state index in [1.165, 1.54) is 26.4 Å². The normalized spacial score (nSPS) is 12.4. The molecule has 0 spiro atoms. The second-order valence-electron chi connectivity index (χ2n) is 7.02. The van der Waals surface area contributed by atoms with Gasteiger partial charge in [-0.1, -0.05) is 24.3 Å². The number of para-hydroxylation sites is 2. The van der Waals surface area contributed by atoms with Crippen molar-refractivity contribution in [3.8, 4) is 17.8 Å². The fourth-order valence-corrected chi connectivity index (χ4v) is 3.20. The lowest BCUT2D eigenvalue weighted by Crippen LogP contribution is -2.15. The molecule has 4 rings (SSSR count). The molecule has 2 aromatic carbocycles. The van der Waals surface area contributed by atoms with Gasteiger partial charge >= 0.3 is 12.2 Å². The standard InChI is InChI=1S/C23H19F3N4O3/c1-31-20-12-21(32-2)30-22(29-20)33-19(14-6-5-7-15(10-14)23(24,25)26)11-16-13-27-17-8-3-4-9-18(17)28-16/h3-10,12-13,19H,11H2,1-2H3. The lowest BCUT2D eigenvalue weighted by Gasteiger charge is -2.20. The number of fused-ring (bicyclic) bond motifs is 1. The molecule has 0 saturated carbocycles. The van der Waals surface area contributed by atoms with Gasteiger partial charge in [0.05, 0.1) is 42.6 Å². The lowest BCUT2D eigenvalue weighted by molar-refractivity contribution is -0.137. The highest BCUT2D eigenvalue weighted by molar-refractivity contribution is 5.73. The zero-order chi connectivity index (χ0) is 23.4. The van der Waals surface area contributed by atoms with Crippen molar-refractivity contribution in [1.82, 2.24) is 19.9 Å². The summed E-state index contributed by atoms with van der Waals surface area (Å²) in [6, 6.07) is 13.6. The van der Waals surface area contributed by atoms with E-state index >= 15 is 0 Å². The molecule has 0 radical (unpaired) electrons. The van der Waals surface area contributed by atoms with Gasteiger partial charge in [0.25, 0.3) is 0 Å². The summed E-state index contributed by atoms with van der Waals surface area (Å²) in [5.41, 5.74) is 1.40. The molecule has 0 aliphatic carbocycles. The van der Waals surface area contributed by atoms with Gasteiger partial charge in [0, 0.05) is 12.6 Å². The van der Waals surface area contributed by atoms with Crippen molar-refractivity contribution in [2.24, 2.45) is 0 Å². The molecule has 0 amide bonds. The average molecular weight is 456 g/mol. The Morgan fingerprint density at radius 1 is 0.848 bits per heavy atom. The zero-order valence-corrected chi connectivity index (χ0v) is 17.7. The summed E-state index contributed by atoms with van der Waals surface area (Å²) in [6.45, 7) is 0. The number of benzene rings is 2. The summed E-state index contributed by atoms with van der Waals surface area (Å²) in [4.78, 5) is 17.2. The van der Waals surface area contributed by atoms with E-state index in [4.69, 9.17) is 14.2 Å². The van der Waals surface area contributed by atoms with Crippen LogP contribution in [0, 0.1) is 0 Å². The molecule has 0 bridgehead atoms. The first-order chi connectivity index (χ1) is 15.9. The van der Waals surface area contributed by atoms with Crippen LogP contribution in [0.15, 0.2) is 60.8 Å². The van der Waals surface area contributed by atoms with E-state index in [0.29, 0.717) is 16.7 Å². The van der Waals surface area contributed by atoms with Crippen molar-refractivity contribution < 1.29 is 27.4 Å². The second-order valence-corrected chi connectivity index (χ2v) is 7.02. The Kier molecular flexibility index (Phi) is 6.25. The van der Waals surface area contributed by atoms with Crippen LogP contribution < -0.4 is 14.2 Å². The maximum absolute atomic E-state index is 13.3. The molecule has 0 fully saturated rings. The van der Waals surface area contributed by atoms with E-state index in [1.54, 1.807) is 12.3 Å². The van der Waals surface area contributed by atoms with Crippen LogP contribution in [-0.4, -0.2) is 34.2 Å². The first-order valence-electron chi connectivity index (χ1n) is 9.87. The molecule has 0 saturated heterocycles. The van der Waals surface area contributed by atoms with Gasteiger partial charge in [-0.25, -0.2) is 4.98 Å². The monoisotopic (exact) mass is 456 g/mol. The summed E-state index contributed by atoms with van der Waals surface area (Å²) in [5.74, 6) is 0.371. The van der Waals surface area contributed by atoms with E-state index in [2.05, 4.69) is 19.9 Å². The number of hydrogen-bond donors (Lipinski definition) is 0. The van der Waals surface area contributed by atoms with Gasteiger partial charge in [0.1, 0.15) is 6.10 Å². The van der Waals surface area contributed by atoms with E-state index in [1.807, 2.05) is 24.3 Å². The minimum absolute atomic E-state index is 0.109. The van der Waals surface area contributed by atoms with Crippen molar-refractivity contribution in [2.75, 3.05) is 14.2 Å². The number of rotatable bonds is 7. The summed E-state index contributed by atoms with van der Waals surface area (Å²) in [7, 11) is 2.83. The summed E-state index contributed by atoms with van der Waals surface area (Å²) in [6.07, 6.45) is -3.69. The third-order valence-corrected chi connectivity index (χ3v) is 4.80. The highest BCUT2D eigenvalue weighted by Gasteiger charge is 2.31. The van der Waals surface area contributed by atoms with Crippen LogP contribution in [0.5, 0.6) is 17.8 Å². The van der Waals surface area contributed by atoms with Gasteiger partial charge in [-0.2, -0.15) is 23.1 Å². The number of nitrogens with zero attached hydrogens (tertiary/aromatic N) is 4.